The van der Waals surface area contributed by atoms with Crippen LogP contribution in [0.4, 0.5) is 4.79 Å². The Hall–Kier alpha value is -3.55. The van der Waals surface area contributed by atoms with Crippen molar-refractivity contribution in [2.75, 3.05) is 13.7 Å². The van der Waals surface area contributed by atoms with Gasteiger partial charge in [-0.25, -0.2) is 4.79 Å². The molecule has 0 spiro atoms. The van der Waals surface area contributed by atoms with Gasteiger partial charge in [0.25, 0.3) is 11.8 Å². The van der Waals surface area contributed by atoms with Crippen molar-refractivity contribution < 1.29 is 23.9 Å². The molecule has 152 valence electrons. The van der Waals surface area contributed by atoms with Crippen LogP contribution in [0, 0.1) is 0 Å². The maximum atomic E-state index is 12.9. The molecule has 1 saturated heterocycles. The highest BCUT2D eigenvalue weighted by Gasteiger charge is 2.50. The quantitative estimate of drug-likeness (QED) is 0.698. The van der Waals surface area contributed by atoms with E-state index < -0.39 is 23.4 Å². The van der Waals surface area contributed by atoms with Crippen LogP contribution in [0.2, 0.25) is 0 Å². The van der Waals surface area contributed by atoms with Crippen LogP contribution in [0.1, 0.15) is 25.0 Å². The van der Waals surface area contributed by atoms with Crippen LogP contribution in [-0.2, 0) is 21.5 Å². The van der Waals surface area contributed by atoms with Crippen molar-refractivity contribution in [3.05, 3.63) is 59.7 Å². The number of hydrazine groups is 1. The molecular formula is C21H23N3O5. The molecule has 0 aromatic heterocycles. The summed E-state index contributed by atoms with van der Waals surface area (Å²) in [6.45, 7) is 3.25. The molecule has 0 radical (unpaired) electrons. The molecule has 2 aromatic carbocycles. The minimum Gasteiger partial charge on any atom is -0.497 e. The Morgan fingerprint density at radius 3 is 2.59 bits per heavy atom. The second-order valence-corrected chi connectivity index (χ2v) is 6.75. The molecular weight excluding hydrogens is 374 g/mol. The molecule has 3 rings (SSSR count). The van der Waals surface area contributed by atoms with Gasteiger partial charge >= 0.3 is 6.03 Å². The number of ether oxygens (including phenoxy) is 2. The lowest BCUT2D eigenvalue weighted by molar-refractivity contribution is -0.139. The summed E-state index contributed by atoms with van der Waals surface area (Å²) in [5, 5.41) is 3.29. The summed E-state index contributed by atoms with van der Waals surface area (Å²) >= 11 is 0. The normalized spacial score (nSPS) is 18.4. The number of carbonyl (C=O) groups is 3. The van der Waals surface area contributed by atoms with Crippen LogP contribution in [-0.4, -0.2) is 36.6 Å². The van der Waals surface area contributed by atoms with E-state index in [4.69, 9.17) is 9.47 Å². The number of rotatable bonds is 7. The van der Waals surface area contributed by atoms with Gasteiger partial charge in [-0.05, 0) is 48.7 Å². The minimum absolute atomic E-state index is 0.333. The van der Waals surface area contributed by atoms with Gasteiger partial charge < -0.3 is 14.8 Å². The first-order chi connectivity index (χ1) is 13.9. The zero-order valence-corrected chi connectivity index (χ0v) is 16.5. The predicted octanol–water partition coefficient (Wildman–Crippen LogP) is 2.13. The smallest absolute Gasteiger partial charge is 0.344 e. The molecule has 29 heavy (non-hydrogen) atoms. The molecule has 0 bridgehead atoms. The standard InChI is InChI=1S/C21H23N3O5/c1-4-14-7-5-10-17(11-14)29-13-18(25)23-24-19(26)21(2,22-20(24)27)15-8-6-9-16(12-15)28-3/h5-12H,4,13H2,1-3H3,(H,22,27)(H,23,25)/t21-/m0/s1. The molecule has 1 heterocycles. The summed E-state index contributed by atoms with van der Waals surface area (Å²) in [7, 11) is 1.51. The van der Waals surface area contributed by atoms with E-state index >= 15 is 0 Å². The van der Waals surface area contributed by atoms with Crippen molar-refractivity contribution in [3.63, 3.8) is 0 Å². The zero-order valence-electron chi connectivity index (χ0n) is 16.5. The van der Waals surface area contributed by atoms with Gasteiger partial charge in [0, 0.05) is 0 Å². The van der Waals surface area contributed by atoms with Crippen molar-refractivity contribution in [1.29, 1.82) is 0 Å². The highest BCUT2D eigenvalue weighted by Crippen LogP contribution is 2.30. The first-order valence-electron chi connectivity index (χ1n) is 9.20. The monoisotopic (exact) mass is 397 g/mol. The molecule has 1 aliphatic rings. The fraction of sp³-hybridized carbons (Fsp3) is 0.286. The summed E-state index contributed by atoms with van der Waals surface area (Å²) in [4.78, 5) is 37.4. The molecule has 8 nitrogen and oxygen atoms in total. The number of aryl methyl sites for hydroxylation is 1. The fourth-order valence-corrected chi connectivity index (χ4v) is 3.03. The third-order valence-corrected chi connectivity index (χ3v) is 4.75. The van der Waals surface area contributed by atoms with Crippen molar-refractivity contribution in [1.82, 2.24) is 15.8 Å². The molecule has 2 aromatic rings. The number of nitrogens with zero attached hydrogens (tertiary/aromatic N) is 1. The average Bonchev–Trinajstić information content (AvgIpc) is 2.96. The second-order valence-electron chi connectivity index (χ2n) is 6.75. The van der Waals surface area contributed by atoms with Gasteiger partial charge in [-0.3, -0.25) is 15.0 Å². The highest BCUT2D eigenvalue weighted by molar-refractivity contribution is 6.08. The Morgan fingerprint density at radius 1 is 1.14 bits per heavy atom. The van der Waals surface area contributed by atoms with E-state index in [1.54, 1.807) is 37.3 Å². The summed E-state index contributed by atoms with van der Waals surface area (Å²) in [6.07, 6.45) is 0.842. The lowest BCUT2D eigenvalue weighted by Crippen LogP contribution is -2.49. The van der Waals surface area contributed by atoms with Crippen LogP contribution in [0.15, 0.2) is 48.5 Å². The van der Waals surface area contributed by atoms with E-state index in [1.807, 2.05) is 25.1 Å². The Kier molecular flexibility index (Phi) is 5.72. The largest absolute Gasteiger partial charge is 0.497 e. The van der Waals surface area contributed by atoms with Crippen LogP contribution in [0.3, 0.4) is 0 Å². The Balaban J connectivity index is 1.67. The zero-order chi connectivity index (χ0) is 21.0. The highest BCUT2D eigenvalue weighted by atomic mass is 16.5. The number of benzene rings is 2. The summed E-state index contributed by atoms with van der Waals surface area (Å²) in [5.41, 5.74) is 2.60. The van der Waals surface area contributed by atoms with Crippen LogP contribution in [0.25, 0.3) is 0 Å². The van der Waals surface area contributed by atoms with Gasteiger partial charge in [0.1, 0.15) is 17.0 Å². The van der Waals surface area contributed by atoms with Crippen molar-refractivity contribution >= 4 is 17.8 Å². The molecule has 0 aliphatic carbocycles. The van der Waals surface area contributed by atoms with E-state index in [0.29, 0.717) is 22.1 Å². The van der Waals surface area contributed by atoms with Crippen molar-refractivity contribution in [2.45, 2.75) is 25.8 Å². The third kappa shape index (κ3) is 4.16. The summed E-state index contributed by atoms with van der Waals surface area (Å²) in [6, 6.07) is 13.5. The van der Waals surface area contributed by atoms with E-state index in [2.05, 4.69) is 10.7 Å². The van der Waals surface area contributed by atoms with Gasteiger partial charge in [0.2, 0.25) is 0 Å². The van der Waals surface area contributed by atoms with E-state index in [-0.39, 0.29) is 6.61 Å². The van der Waals surface area contributed by atoms with Crippen LogP contribution in [0.5, 0.6) is 11.5 Å². The molecule has 0 saturated carbocycles. The second kappa shape index (κ2) is 8.22. The number of nitrogens with one attached hydrogen (secondary N) is 2. The number of carbonyl (C=O) groups excluding carboxylic acids is 3. The lowest BCUT2D eigenvalue weighted by Gasteiger charge is -2.22. The molecule has 1 fully saturated rings. The Bertz CT molecular complexity index is 945. The number of hydrogen-bond donors (Lipinski definition) is 2. The number of amides is 4. The number of urea groups is 1. The Morgan fingerprint density at radius 2 is 1.86 bits per heavy atom. The van der Waals surface area contributed by atoms with Crippen LogP contribution < -0.4 is 20.2 Å². The molecule has 1 atom stereocenters. The number of methoxy groups -OCH3 is 1. The fourth-order valence-electron chi connectivity index (χ4n) is 3.03. The number of imide groups is 1. The van der Waals surface area contributed by atoms with Gasteiger partial charge in [0.05, 0.1) is 7.11 Å². The summed E-state index contributed by atoms with van der Waals surface area (Å²) in [5.74, 6) is -0.128. The van der Waals surface area contributed by atoms with E-state index in [9.17, 15) is 14.4 Å². The van der Waals surface area contributed by atoms with Crippen molar-refractivity contribution in [2.24, 2.45) is 0 Å². The Labute approximate surface area is 168 Å². The number of hydrogen-bond acceptors (Lipinski definition) is 5. The van der Waals surface area contributed by atoms with Gasteiger partial charge in [-0.2, -0.15) is 5.01 Å². The average molecular weight is 397 g/mol. The predicted molar refractivity (Wildman–Crippen MR) is 105 cm³/mol. The molecule has 2 N–H and O–H groups in total. The molecule has 0 unspecified atom stereocenters. The maximum Gasteiger partial charge on any atom is 0.344 e. The van der Waals surface area contributed by atoms with Crippen LogP contribution >= 0.6 is 0 Å². The summed E-state index contributed by atoms with van der Waals surface area (Å²) < 4.78 is 10.6. The minimum atomic E-state index is -1.32. The van der Waals surface area contributed by atoms with E-state index in [0.717, 1.165) is 12.0 Å². The lowest BCUT2D eigenvalue weighted by atomic mass is 9.92. The van der Waals surface area contributed by atoms with Gasteiger partial charge in [-0.15, -0.1) is 0 Å². The molecule has 4 amide bonds. The first-order valence-corrected chi connectivity index (χ1v) is 9.20. The molecule has 8 heteroatoms. The molecule has 1 aliphatic heterocycles. The van der Waals surface area contributed by atoms with E-state index in [1.165, 1.54) is 7.11 Å². The SMILES string of the molecule is CCc1cccc(OCC(=O)NN2C(=O)N[C@@](C)(c3cccc(OC)c3)C2=O)c1. The van der Waals surface area contributed by atoms with Gasteiger partial charge in [0.15, 0.2) is 6.61 Å². The van der Waals surface area contributed by atoms with Gasteiger partial charge in [-0.1, -0.05) is 31.2 Å². The van der Waals surface area contributed by atoms with Crippen molar-refractivity contribution in [3.8, 4) is 11.5 Å². The maximum absolute atomic E-state index is 12.9. The third-order valence-electron chi connectivity index (χ3n) is 4.75. The first kappa shape index (κ1) is 20.2. The topological polar surface area (TPSA) is 97.0 Å².